The summed E-state index contributed by atoms with van der Waals surface area (Å²) in [5.74, 6) is -0.0917. The molecule has 0 saturated heterocycles. The molecule has 3 aromatic rings. The quantitative estimate of drug-likeness (QED) is 0.446. The fourth-order valence-corrected chi connectivity index (χ4v) is 3.84. The van der Waals surface area contributed by atoms with Gasteiger partial charge in [-0.25, -0.2) is 4.98 Å². The lowest BCUT2D eigenvalue weighted by Gasteiger charge is -2.22. The third-order valence-electron chi connectivity index (χ3n) is 4.08. The maximum atomic E-state index is 12.5. The summed E-state index contributed by atoms with van der Waals surface area (Å²) in [7, 11) is 0. The number of nitriles is 1. The monoisotopic (exact) mass is 466 g/mol. The highest BCUT2D eigenvalue weighted by Gasteiger charge is 2.32. The number of ether oxygens (including phenoxy) is 1. The summed E-state index contributed by atoms with van der Waals surface area (Å²) in [6.45, 7) is 2.01. The Kier molecular flexibility index (Phi) is 6.68. The molecule has 0 radical (unpaired) electrons. The van der Waals surface area contributed by atoms with Crippen LogP contribution >= 0.6 is 22.9 Å². The zero-order valence-corrected chi connectivity index (χ0v) is 17.5. The maximum Gasteiger partial charge on any atom is 0.573 e. The molecule has 0 aliphatic heterocycles. The van der Waals surface area contributed by atoms with Crippen LogP contribution in [0.2, 0.25) is 5.02 Å². The Morgan fingerprint density at radius 1 is 1.29 bits per heavy atom. The first kappa shape index (κ1) is 22.4. The minimum atomic E-state index is -4.85. The van der Waals surface area contributed by atoms with Gasteiger partial charge in [-0.1, -0.05) is 29.0 Å². The smallest absolute Gasteiger partial charge is 0.404 e. The van der Waals surface area contributed by atoms with E-state index in [9.17, 15) is 18.0 Å². The topological polar surface area (TPSA) is 78.2 Å². The number of hydrogen-bond donors (Lipinski definition) is 1. The Balaban J connectivity index is 1.97. The van der Waals surface area contributed by atoms with Crippen LogP contribution in [0.3, 0.4) is 0 Å². The van der Waals surface area contributed by atoms with Gasteiger partial charge < -0.3 is 15.0 Å². The summed E-state index contributed by atoms with van der Waals surface area (Å²) >= 11 is 7.30. The number of aryl methyl sites for hydroxylation is 1. The van der Waals surface area contributed by atoms with E-state index in [0.717, 1.165) is 10.9 Å². The molecule has 3 rings (SSSR count). The minimum Gasteiger partial charge on any atom is -0.404 e. The molecule has 0 aliphatic rings. The molecule has 2 aromatic carbocycles. The summed E-state index contributed by atoms with van der Waals surface area (Å²) in [4.78, 5) is 17.8. The number of rotatable bonds is 7. The van der Waals surface area contributed by atoms with Gasteiger partial charge in [0.15, 0.2) is 5.13 Å². The zero-order chi connectivity index (χ0) is 22.6. The normalized spacial score (nSPS) is 11.0. The Morgan fingerprint density at radius 3 is 2.58 bits per heavy atom. The van der Waals surface area contributed by atoms with Crippen LogP contribution in [0.15, 0.2) is 42.5 Å². The molecule has 1 N–H and O–H groups in total. The maximum absolute atomic E-state index is 12.5. The predicted molar refractivity (Wildman–Crippen MR) is 112 cm³/mol. The van der Waals surface area contributed by atoms with Crippen molar-refractivity contribution in [2.75, 3.05) is 10.2 Å². The van der Waals surface area contributed by atoms with Crippen LogP contribution in [0.4, 0.5) is 29.8 Å². The van der Waals surface area contributed by atoms with E-state index < -0.39 is 12.1 Å². The van der Waals surface area contributed by atoms with Gasteiger partial charge >= 0.3 is 6.36 Å². The standard InChI is InChI=1S/C20H14ClF3N4O2S/c1-12-18(26-11-29)27-19(31-12)28(15-5-2-13(9-25)3-6-15)10-14-4-7-17(16(21)8-14)30-20(22,23)24/h2-8,11H,10H2,1H3,(H,26,29). The Bertz CT molecular complexity index is 1130. The number of thiazole rings is 1. The van der Waals surface area contributed by atoms with Gasteiger partial charge in [0.1, 0.15) is 11.6 Å². The Labute approximate surface area is 184 Å². The first-order chi connectivity index (χ1) is 14.7. The second-order valence-corrected chi connectivity index (χ2v) is 7.81. The molecule has 1 amide bonds. The van der Waals surface area contributed by atoms with Crippen molar-refractivity contribution in [1.82, 2.24) is 4.98 Å². The van der Waals surface area contributed by atoms with Crippen LogP contribution < -0.4 is 15.0 Å². The molecule has 160 valence electrons. The van der Waals surface area contributed by atoms with Gasteiger partial charge in [0.05, 0.1) is 23.2 Å². The number of halogens is 4. The SMILES string of the molecule is Cc1sc(N(Cc2ccc(OC(F)(F)F)c(Cl)c2)c2ccc(C#N)cc2)nc1NC=O. The summed E-state index contributed by atoms with van der Waals surface area (Å²) in [5, 5.41) is 11.9. The van der Waals surface area contributed by atoms with Crippen LogP contribution in [0.1, 0.15) is 16.0 Å². The molecule has 0 unspecified atom stereocenters. The van der Waals surface area contributed by atoms with E-state index in [4.69, 9.17) is 16.9 Å². The van der Waals surface area contributed by atoms with Gasteiger partial charge in [0.25, 0.3) is 0 Å². The first-order valence-corrected chi connectivity index (χ1v) is 9.89. The third kappa shape index (κ3) is 5.65. The molecule has 1 heterocycles. The van der Waals surface area contributed by atoms with Crippen LogP contribution in [0, 0.1) is 18.3 Å². The summed E-state index contributed by atoms with van der Waals surface area (Å²) in [5.41, 5.74) is 1.76. The predicted octanol–water partition coefficient (Wildman–Crippen LogP) is 5.78. The number of aromatic nitrogens is 1. The summed E-state index contributed by atoms with van der Waals surface area (Å²) < 4.78 is 41.4. The van der Waals surface area contributed by atoms with Crippen molar-refractivity contribution in [3.63, 3.8) is 0 Å². The number of carbonyl (C=O) groups excluding carboxylic acids is 1. The van der Waals surface area contributed by atoms with Gasteiger partial charge in [0.2, 0.25) is 6.41 Å². The molecule has 11 heteroatoms. The lowest BCUT2D eigenvalue weighted by atomic mass is 10.1. The molecule has 0 spiro atoms. The van der Waals surface area contributed by atoms with Crippen LogP contribution in [0.5, 0.6) is 5.75 Å². The number of amides is 1. The molecule has 1 aromatic heterocycles. The molecule has 0 saturated carbocycles. The van der Waals surface area contributed by atoms with E-state index in [-0.39, 0.29) is 11.6 Å². The zero-order valence-electron chi connectivity index (χ0n) is 15.9. The highest BCUT2D eigenvalue weighted by molar-refractivity contribution is 7.16. The molecule has 31 heavy (non-hydrogen) atoms. The van der Waals surface area contributed by atoms with E-state index in [0.29, 0.717) is 34.2 Å². The average Bonchev–Trinajstić information content (AvgIpc) is 3.08. The minimum absolute atomic E-state index is 0.187. The second-order valence-electron chi connectivity index (χ2n) is 6.22. The molecule has 0 fully saturated rings. The fourth-order valence-electron chi connectivity index (χ4n) is 2.71. The van der Waals surface area contributed by atoms with Gasteiger partial charge in [-0.3, -0.25) is 4.79 Å². The van der Waals surface area contributed by atoms with Gasteiger partial charge in [-0.05, 0) is 48.9 Å². The molecule has 0 atom stereocenters. The second kappa shape index (κ2) is 9.24. The number of benzene rings is 2. The highest BCUT2D eigenvalue weighted by Crippen LogP contribution is 2.36. The van der Waals surface area contributed by atoms with Crippen molar-refractivity contribution in [2.24, 2.45) is 0 Å². The summed E-state index contributed by atoms with van der Waals surface area (Å²) in [6.07, 6.45) is -4.32. The lowest BCUT2D eigenvalue weighted by Crippen LogP contribution is -2.18. The molecular formula is C20H14ClF3N4O2S. The van der Waals surface area contributed by atoms with E-state index >= 15 is 0 Å². The molecule has 6 nitrogen and oxygen atoms in total. The Hall–Kier alpha value is -3.29. The number of anilines is 3. The van der Waals surface area contributed by atoms with Crippen LogP contribution in [0.25, 0.3) is 0 Å². The van der Waals surface area contributed by atoms with Crippen LogP contribution in [-0.4, -0.2) is 17.8 Å². The molecular weight excluding hydrogens is 453 g/mol. The van der Waals surface area contributed by atoms with E-state index in [1.165, 1.54) is 23.5 Å². The average molecular weight is 467 g/mol. The van der Waals surface area contributed by atoms with Crippen molar-refractivity contribution in [3.8, 4) is 11.8 Å². The first-order valence-electron chi connectivity index (χ1n) is 8.69. The summed E-state index contributed by atoms with van der Waals surface area (Å²) in [6, 6.07) is 12.8. The van der Waals surface area contributed by atoms with Crippen molar-refractivity contribution in [2.45, 2.75) is 19.8 Å². The number of hydrogen-bond acceptors (Lipinski definition) is 6. The van der Waals surface area contributed by atoms with Crippen molar-refractivity contribution in [1.29, 1.82) is 5.26 Å². The fraction of sp³-hybridized carbons (Fsp3) is 0.150. The number of nitrogens with zero attached hydrogens (tertiary/aromatic N) is 3. The van der Waals surface area contributed by atoms with Gasteiger partial charge in [-0.2, -0.15) is 5.26 Å². The van der Waals surface area contributed by atoms with Crippen molar-refractivity contribution < 1.29 is 22.7 Å². The third-order valence-corrected chi connectivity index (χ3v) is 5.37. The van der Waals surface area contributed by atoms with Gasteiger partial charge in [-0.15, -0.1) is 13.2 Å². The van der Waals surface area contributed by atoms with Crippen molar-refractivity contribution in [3.05, 3.63) is 63.5 Å². The largest absolute Gasteiger partial charge is 0.573 e. The van der Waals surface area contributed by atoms with Crippen LogP contribution in [-0.2, 0) is 11.3 Å². The number of alkyl halides is 3. The Morgan fingerprint density at radius 2 is 2.00 bits per heavy atom. The highest BCUT2D eigenvalue weighted by atomic mass is 35.5. The number of carbonyl (C=O) groups is 1. The van der Waals surface area contributed by atoms with E-state index in [2.05, 4.69) is 15.0 Å². The van der Waals surface area contributed by atoms with E-state index in [1.807, 2.05) is 6.07 Å². The molecule has 0 bridgehead atoms. The van der Waals surface area contributed by atoms with Crippen molar-refractivity contribution >= 4 is 46.0 Å². The molecule has 0 aliphatic carbocycles. The van der Waals surface area contributed by atoms with Gasteiger partial charge in [0, 0.05) is 10.6 Å². The van der Waals surface area contributed by atoms with E-state index in [1.54, 1.807) is 36.1 Å². The lowest BCUT2D eigenvalue weighted by molar-refractivity contribution is -0.274. The number of nitrogens with one attached hydrogen (secondary N) is 1.